The van der Waals surface area contributed by atoms with E-state index in [2.05, 4.69) is 5.32 Å². The second-order valence-electron chi connectivity index (χ2n) is 3.96. The normalized spacial score (nSPS) is 10.8. The Balaban J connectivity index is 2.99. The van der Waals surface area contributed by atoms with Crippen LogP contribution in [-0.4, -0.2) is 36.2 Å². The lowest BCUT2D eigenvalue weighted by Gasteiger charge is -2.18. The number of nitrogens with zero attached hydrogens (tertiary/aromatic N) is 1. The average Bonchev–Trinajstić information content (AvgIpc) is 2.46. The molecule has 0 spiro atoms. The zero-order valence-electron chi connectivity index (χ0n) is 11.6. The van der Waals surface area contributed by atoms with Crippen molar-refractivity contribution in [3.05, 3.63) is 41.5 Å². The Hall–Kier alpha value is -2.43. The zero-order chi connectivity index (χ0) is 15.0. The van der Waals surface area contributed by atoms with E-state index in [9.17, 15) is 14.4 Å². The number of carbonyl (C=O) groups is 2. The molecule has 5 nitrogen and oxygen atoms in total. The first kappa shape index (κ1) is 15.6. The number of carbonyl (C=O) groups excluding carboxylic acids is 3. The van der Waals surface area contributed by atoms with Gasteiger partial charge in [-0.1, -0.05) is 30.3 Å². The van der Waals surface area contributed by atoms with Gasteiger partial charge in [-0.3, -0.25) is 14.5 Å². The van der Waals surface area contributed by atoms with Crippen LogP contribution in [0.3, 0.4) is 0 Å². The van der Waals surface area contributed by atoms with Crippen molar-refractivity contribution < 1.29 is 14.4 Å². The van der Waals surface area contributed by atoms with Gasteiger partial charge < -0.3 is 5.32 Å². The lowest BCUT2D eigenvalue weighted by Crippen LogP contribution is -2.44. The fraction of sp³-hybridized carbons (Fsp3) is 0.267. The van der Waals surface area contributed by atoms with E-state index in [-0.39, 0.29) is 12.1 Å². The topological polar surface area (TPSA) is 66.5 Å². The van der Waals surface area contributed by atoms with E-state index in [1.807, 2.05) is 6.07 Å². The molecule has 1 aromatic rings. The first-order chi connectivity index (χ1) is 9.63. The molecule has 20 heavy (non-hydrogen) atoms. The molecule has 5 heteroatoms. The smallest absolute Gasteiger partial charge is 0.324 e. The SMILES string of the molecule is CCNC(=O)N(CC)C(=O)C([C]=O)=Cc1ccccc1. The van der Waals surface area contributed by atoms with Crippen LogP contribution in [0.15, 0.2) is 35.9 Å². The van der Waals surface area contributed by atoms with Crippen LogP contribution in [0.2, 0.25) is 0 Å². The molecule has 1 radical (unpaired) electrons. The second-order valence-corrected chi connectivity index (χ2v) is 3.96. The first-order valence-corrected chi connectivity index (χ1v) is 6.38. The summed E-state index contributed by atoms with van der Waals surface area (Å²) in [4.78, 5) is 35.8. The summed E-state index contributed by atoms with van der Waals surface area (Å²) in [7, 11) is 0. The zero-order valence-corrected chi connectivity index (χ0v) is 11.6. The minimum Gasteiger partial charge on any atom is -0.338 e. The molecule has 0 aliphatic rings. The summed E-state index contributed by atoms with van der Waals surface area (Å²) in [6.45, 7) is 4.00. The predicted molar refractivity (Wildman–Crippen MR) is 76.6 cm³/mol. The molecule has 0 unspecified atom stereocenters. The summed E-state index contributed by atoms with van der Waals surface area (Å²) in [5, 5.41) is 2.53. The Kier molecular flexibility index (Phi) is 6.16. The van der Waals surface area contributed by atoms with E-state index in [1.165, 1.54) is 6.08 Å². The summed E-state index contributed by atoms with van der Waals surface area (Å²) >= 11 is 0. The van der Waals surface area contributed by atoms with Gasteiger partial charge in [-0.05, 0) is 25.5 Å². The van der Waals surface area contributed by atoms with Crippen molar-refractivity contribution >= 4 is 24.3 Å². The summed E-state index contributed by atoms with van der Waals surface area (Å²) in [5.74, 6) is -0.655. The van der Waals surface area contributed by atoms with Gasteiger partial charge in [0.1, 0.15) is 0 Å². The van der Waals surface area contributed by atoms with Gasteiger partial charge in [0.15, 0.2) is 0 Å². The largest absolute Gasteiger partial charge is 0.338 e. The number of hydrogen-bond acceptors (Lipinski definition) is 3. The highest BCUT2D eigenvalue weighted by atomic mass is 16.2. The molecule has 0 saturated carbocycles. The maximum Gasteiger partial charge on any atom is 0.324 e. The fourth-order valence-corrected chi connectivity index (χ4v) is 1.62. The quantitative estimate of drug-likeness (QED) is 0.505. The van der Waals surface area contributed by atoms with Crippen LogP contribution in [0, 0.1) is 0 Å². The predicted octanol–water partition coefficient (Wildman–Crippen LogP) is 1.76. The Bertz CT molecular complexity index is 509. The van der Waals surface area contributed by atoms with Crippen LogP contribution in [-0.2, 0) is 9.59 Å². The molecule has 1 aromatic carbocycles. The van der Waals surface area contributed by atoms with E-state index in [0.29, 0.717) is 12.1 Å². The maximum atomic E-state index is 12.2. The fourth-order valence-electron chi connectivity index (χ4n) is 1.62. The van der Waals surface area contributed by atoms with E-state index >= 15 is 0 Å². The molecule has 0 atom stereocenters. The Labute approximate surface area is 118 Å². The van der Waals surface area contributed by atoms with Crippen LogP contribution in [0.4, 0.5) is 4.79 Å². The van der Waals surface area contributed by atoms with Crippen molar-refractivity contribution in [2.45, 2.75) is 13.8 Å². The number of hydrogen-bond donors (Lipinski definition) is 1. The number of urea groups is 1. The highest BCUT2D eigenvalue weighted by Gasteiger charge is 2.22. The summed E-state index contributed by atoms with van der Waals surface area (Å²) in [6.07, 6.45) is 3.02. The summed E-state index contributed by atoms with van der Waals surface area (Å²) in [5.41, 5.74) is 0.524. The van der Waals surface area contributed by atoms with Gasteiger partial charge in [0, 0.05) is 13.1 Å². The van der Waals surface area contributed by atoms with Crippen LogP contribution in [0.25, 0.3) is 6.08 Å². The molecule has 0 aliphatic carbocycles. The molecule has 0 bridgehead atoms. The van der Waals surface area contributed by atoms with Gasteiger partial charge in [0.2, 0.25) is 6.29 Å². The Morgan fingerprint density at radius 3 is 2.40 bits per heavy atom. The van der Waals surface area contributed by atoms with Gasteiger partial charge in [0.05, 0.1) is 5.57 Å². The first-order valence-electron chi connectivity index (χ1n) is 6.38. The number of benzene rings is 1. The van der Waals surface area contributed by atoms with Crippen LogP contribution in [0.5, 0.6) is 0 Å². The highest BCUT2D eigenvalue weighted by molar-refractivity contribution is 6.18. The van der Waals surface area contributed by atoms with Gasteiger partial charge in [-0.25, -0.2) is 4.79 Å². The number of likely N-dealkylation sites (N-methyl/N-ethyl adjacent to an activating group) is 1. The van der Waals surface area contributed by atoms with Gasteiger partial charge in [-0.15, -0.1) is 0 Å². The van der Waals surface area contributed by atoms with Gasteiger partial charge >= 0.3 is 6.03 Å². The number of nitrogens with one attached hydrogen (secondary N) is 1. The van der Waals surface area contributed by atoms with Gasteiger partial charge in [0.25, 0.3) is 5.91 Å². The third-order valence-corrected chi connectivity index (χ3v) is 2.59. The van der Waals surface area contributed by atoms with E-state index in [4.69, 9.17) is 0 Å². The Morgan fingerprint density at radius 2 is 1.90 bits per heavy atom. The molecule has 3 amide bonds. The molecule has 0 saturated heterocycles. The highest BCUT2D eigenvalue weighted by Crippen LogP contribution is 2.08. The Morgan fingerprint density at radius 1 is 1.25 bits per heavy atom. The number of amides is 3. The minimum absolute atomic E-state index is 0.177. The molecule has 105 valence electrons. The lowest BCUT2D eigenvalue weighted by molar-refractivity contribution is -0.123. The van der Waals surface area contributed by atoms with Crippen molar-refractivity contribution in [1.82, 2.24) is 10.2 Å². The third kappa shape index (κ3) is 4.05. The molecular weight excluding hydrogens is 256 g/mol. The summed E-state index contributed by atoms with van der Waals surface area (Å²) < 4.78 is 0. The number of imide groups is 1. The molecule has 1 rings (SSSR count). The van der Waals surface area contributed by atoms with E-state index < -0.39 is 11.9 Å². The van der Waals surface area contributed by atoms with Crippen LogP contribution >= 0.6 is 0 Å². The van der Waals surface area contributed by atoms with E-state index in [0.717, 1.165) is 4.90 Å². The molecule has 0 aromatic heterocycles. The second kappa shape index (κ2) is 7.89. The molecule has 0 aliphatic heterocycles. The molecule has 0 heterocycles. The average molecular weight is 273 g/mol. The third-order valence-electron chi connectivity index (χ3n) is 2.59. The standard InChI is InChI=1S/C15H17N2O3/c1-3-16-15(20)17(4-2)14(19)13(11-18)10-12-8-6-5-7-9-12/h5-10H,3-4H2,1-2H3,(H,16,20). The maximum absolute atomic E-state index is 12.2. The van der Waals surface area contributed by atoms with Crippen LogP contribution in [0.1, 0.15) is 19.4 Å². The van der Waals surface area contributed by atoms with Crippen molar-refractivity contribution in [3.63, 3.8) is 0 Å². The van der Waals surface area contributed by atoms with Crippen LogP contribution < -0.4 is 5.32 Å². The van der Waals surface area contributed by atoms with Crippen molar-refractivity contribution in [3.8, 4) is 0 Å². The van der Waals surface area contributed by atoms with Crippen molar-refractivity contribution in [2.75, 3.05) is 13.1 Å². The van der Waals surface area contributed by atoms with E-state index in [1.54, 1.807) is 44.4 Å². The monoisotopic (exact) mass is 273 g/mol. The van der Waals surface area contributed by atoms with Crippen molar-refractivity contribution in [2.24, 2.45) is 0 Å². The van der Waals surface area contributed by atoms with Crippen molar-refractivity contribution in [1.29, 1.82) is 0 Å². The molecule has 0 fully saturated rings. The number of rotatable bonds is 5. The lowest BCUT2D eigenvalue weighted by atomic mass is 10.1. The van der Waals surface area contributed by atoms with Gasteiger partial charge in [-0.2, -0.15) is 0 Å². The molecule has 1 N–H and O–H groups in total. The minimum atomic E-state index is -0.655. The molecular formula is C15H17N2O3. The summed E-state index contributed by atoms with van der Waals surface area (Å²) in [6, 6.07) is 8.41.